The van der Waals surface area contributed by atoms with E-state index in [0.29, 0.717) is 6.42 Å². The van der Waals surface area contributed by atoms with Gasteiger partial charge in [0, 0.05) is 6.54 Å². The number of nitrogens with zero attached hydrogens (tertiary/aromatic N) is 1. The van der Waals surface area contributed by atoms with Crippen LogP contribution in [0.15, 0.2) is 18.2 Å². The van der Waals surface area contributed by atoms with Crippen LogP contribution in [0.1, 0.15) is 13.3 Å². The third-order valence-corrected chi connectivity index (χ3v) is 2.11. The maximum atomic E-state index is 12.7. The smallest absolute Gasteiger partial charge is 0.229 e. The van der Waals surface area contributed by atoms with Crippen LogP contribution < -0.4 is 11.1 Å². The molecular weight excluding hydrogens is 197 g/mol. The SMILES string of the molecule is CCC(CN)C(=O)Nc1cccc(F)n1. The summed E-state index contributed by atoms with van der Waals surface area (Å²) in [4.78, 5) is 15.1. The molecule has 1 rings (SSSR count). The summed E-state index contributed by atoms with van der Waals surface area (Å²) in [5.74, 6) is -0.881. The first kappa shape index (κ1) is 11.6. The van der Waals surface area contributed by atoms with E-state index < -0.39 is 5.95 Å². The summed E-state index contributed by atoms with van der Waals surface area (Å²) in [5.41, 5.74) is 5.41. The molecule has 0 spiro atoms. The molecule has 1 heterocycles. The number of pyridine rings is 1. The van der Waals surface area contributed by atoms with E-state index in [0.717, 1.165) is 0 Å². The lowest BCUT2D eigenvalue weighted by Crippen LogP contribution is -2.29. The number of hydrogen-bond donors (Lipinski definition) is 2. The number of hydrogen-bond acceptors (Lipinski definition) is 3. The molecule has 4 nitrogen and oxygen atoms in total. The largest absolute Gasteiger partial charge is 0.330 e. The molecule has 0 fully saturated rings. The Morgan fingerprint density at radius 2 is 2.40 bits per heavy atom. The van der Waals surface area contributed by atoms with Gasteiger partial charge >= 0.3 is 0 Å². The summed E-state index contributed by atoms with van der Waals surface area (Å²) >= 11 is 0. The number of rotatable bonds is 4. The van der Waals surface area contributed by atoms with Gasteiger partial charge in [-0.2, -0.15) is 4.39 Å². The van der Waals surface area contributed by atoms with Crippen LogP contribution >= 0.6 is 0 Å². The van der Waals surface area contributed by atoms with E-state index in [1.165, 1.54) is 18.2 Å². The summed E-state index contributed by atoms with van der Waals surface area (Å²) in [6.07, 6.45) is 0.650. The zero-order valence-corrected chi connectivity index (χ0v) is 8.53. The number of amides is 1. The van der Waals surface area contributed by atoms with Crippen LogP contribution in [0, 0.1) is 11.9 Å². The lowest BCUT2D eigenvalue weighted by Gasteiger charge is -2.11. The Bertz CT molecular complexity index is 339. The van der Waals surface area contributed by atoms with Crippen LogP contribution in [0.4, 0.5) is 10.2 Å². The Kier molecular flexibility index (Phi) is 4.17. The normalized spacial score (nSPS) is 12.2. The second-order valence-corrected chi connectivity index (χ2v) is 3.18. The molecular formula is C10H14FN3O. The maximum Gasteiger partial charge on any atom is 0.229 e. The minimum atomic E-state index is -0.617. The van der Waals surface area contributed by atoms with Crippen molar-refractivity contribution in [2.24, 2.45) is 11.7 Å². The zero-order valence-electron chi connectivity index (χ0n) is 8.53. The van der Waals surface area contributed by atoms with Crippen molar-refractivity contribution in [2.45, 2.75) is 13.3 Å². The third-order valence-electron chi connectivity index (χ3n) is 2.11. The van der Waals surface area contributed by atoms with E-state index in [9.17, 15) is 9.18 Å². The van der Waals surface area contributed by atoms with Crippen molar-refractivity contribution in [2.75, 3.05) is 11.9 Å². The molecule has 0 aliphatic rings. The van der Waals surface area contributed by atoms with Crippen LogP contribution in [-0.4, -0.2) is 17.4 Å². The Morgan fingerprint density at radius 3 is 2.93 bits per heavy atom. The first-order valence-electron chi connectivity index (χ1n) is 4.80. The van der Waals surface area contributed by atoms with E-state index in [1.807, 2.05) is 6.92 Å². The highest BCUT2D eigenvalue weighted by Crippen LogP contribution is 2.07. The topological polar surface area (TPSA) is 68.0 Å². The summed E-state index contributed by atoms with van der Waals surface area (Å²) in [6.45, 7) is 2.15. The van der Waals surface area contributed by atoms with Gasteiger partial charge in [0.25, 0.3) is 0 Å². The summed E-state index contributed by atoms with van der Waals surface area (Å²) in [7, 11) is 0. The quantitative estimate of drug-likeness (QED) is 0.734. The minimum absolute atomic E-state index is 0.215. The predicted molar refractivity (Wildman–Crippen MR) is 55.7 cm³/mol. The Balaban J connectivity index is 2.65. The van der Waals surface area contributed by atoms with E-state index in [1.54, 1.807) is 0 Å². The Labute approximate surface area is 87.7 Å². The highest BCUT2D eigenvalue weighted by Gasteiger charge is 2.14. The molecule has 0 saturated heterocycles. The highest BCUT2D eigenvalue weighted by molar-refractivity contribution is 5.91. The van der Waals surface area contributed by atoms with Gasteiger partial charge in [-0.3, -0.25) is 4.79 Å². The van der Waals surface area contributed by atoms with Crippen molar-refractivity contribution in [3.63, 3.8) is 0 Å². The molecule has 1 aromatic rings. The van der Waals surface area contributed by atoms with Crippen molar-refractivity contribution in [1.29, 1.82) is 0 Å². The molecule has 1 unspecified atom stereocenters. The third kappa shape index (κ3) is 3.28. The number of carbonyl (C=O) groups is 1. The second-order valence-electron chi connectivity index (χ2n) is 3.18. The number of halogens is 1. The Morgan fingerprint density at radius 1 is 1.67 bits per heavy atom. The second kappa shape index (κ2) is 5.41. The summed E-state index contributed by atoms with van der Waals surface area (Å²) in [6, 6.07) is 4.24. The van der Waals surface area contributed by atoms with Gasteiger partial charge in [0.05, 0.1) is 5.92 Å². The van der Waals surface area contributed by atoms with Crippen LogP contribution in [-0.2, 0) is 4.79 Å². The van der Waals surface area contributed by atoms with E-state index >= 15 is 0 Å². The van der Waals surface area contributed by atoms with E-state index in [-0.39, 0.29) is 24.2 Å². The monoisotopic (exact) mass is 211 g/mol. The molecule has 3 N–H and O–H groups in total. The molecule has 0 aliphatic carbocycles. The fourth-order valence-corrected chi connectivity index (χ4v) is 1.17. The molecule has 1 atom stereocenters. The van der Waals surface area contributed by atoms with Crippen LogP contribution in [0.5, 0.6) is 0 Å². The van der Waals surface area contributed by atoms with Crippen molar-refractivity contribution in [3.05, 3.63) is 24.1 Å². The van der Waals surface area contributed by atoms with Crippen molar-refractivity contribution >= 4 is 11.7 Å². The average molecular weight is 211 g/mol. The molecule has 0 bridgehead atoms. The number of aromatic nitrogens is 1. The predicted octanol–water partition coefficient (Wildman–Crippen LogP) is 1.14. The molecule has 82 valence electrons. The van der Waals surface area contributed by atoms with Gasteiger partial charge < -0.3 is 11.1 Å². The lowest BCUT2D eigenvalue weighted by atomic mass is 10.1. The van der Waals surface area contributed by atoms with Crippen molar-refractivity contribution in [1.82, 2.24) is 4.98 Å². The molecule has 5 heteroatoms. The fourth-order valence-electron chi connectivity index (χ4n) is 1.17. The summed E-state index contributed by atoms with van der Waals surface area (Å²) < 4.78 is 12.7. The van der Waals surface area contributed by atoms with Crippen LogP contribution in [0.3, 0.4) is 0 Å². The van der Waals surface area contributed by atoms with Crippen LogP contribution in [0.25, 0.3) is 0 Å². The highest BCUT2D eigenvalue weighted by atomic mass is 19.1. The van der Waals surface area contributed by atoms with Gasteiger partial charge in [0.2, 0.25) is 11.9 Å². The maximum absolute atomic E-state index is 12.7. The number of carbonyl (C=O) groups excluding carboxylic acids is 1. The van der Waals surface area contributed by atoms with Gasteiger partial charge in [-0.05, 0) is 18.6 Å². The first-order chi connectivity index (χ1) is 7.17. The van der Waals surface area contributed by atoms with E-state index in [4.69, 9.17) is 5.73 Å². The van der Waals surface area contributed by atoms with Crippen molar-refractivity contribution in [3.8, 4) is 0 Å². The van der Waals surface area contributed by atoms with Gasteiger partial charge in [0.1, 0.15) is 5.82 Å². The van der Waals surface area contributed by atoms with Gasteiger partial charge in [-0.15, -0.1) is 0 Å². The lowest BCUT2D eigenvalue weighted by molar-refractivity contribution is -0.119. The number of anilines is 1. The molecule has 1 amide bonds. The number of nitrogens with two attached hydrogens (primary N) is 1. The molecule has 15 heavy (non-hydrogen) atoms. The molecule has 0 radical (unpaired) electrons. The minimum Gasteiger partial charge on any atom is -0.330 e. The molecule has 0 saturated carbocycles. The van der Waals surface area contributed by atoms with Crippen LogP contribution in [0.2, 0.25) is 0 Å². The molecule has 0 aromatic carbocycles. The zero-order chi connectivity index (χ0) is 11.3. The van der Waals surface area contributed by atoms with Crippen molar-refractivity contribution < 1.29 is 9.18 Å². The number of nitrogens with one attached hydrogen (secondary N) is 1. The Hall–Kier alpha value is -1.49. The standard InChI is InChI=1S/C10H14FN3O/c1-2-7(6-12)10(15)14-9-5-3-4-8(11)13-9/h3-5,7H,2,6,12H2,1H3,(H,13,14,15). The van der Waals surface area contributed by atoms with E-state index in [2.05, 4.69) is 10.3 Å². The average Bonchev–Trinajstić information content (AvgIpc) is 2.19. The fraction of sp³-hybridized carbons (Fsp3) is 0.400. The first-order valence-corrected chi connectivity index (χ1v) is 4.80. The van der Waals surface area contributed by atoms with Gasteiger partial charge in [-0.1, -0.05) is 13.0 Å². The summed E-state index contributed by atoms with van der Waals surface area (Å²) in [5, 5.41) is 2.51. The molecule has 1 aromatic heterocycles. The van der Waals surface area contributed by atoms with Gasteiger partial charge in [-0.25, -0.2) is 4.98 Å². The van der Waals surface area contributed by atoms with Gasteiger partial charge in [0.15, 0.2) is 0 Å². The molecule has 0 aliphatic heterocycles.